The summed E-state index contributed by atoms with van der Waals surface area (Å²) in [4.78, 5) is 0. The van der Waals surface area contributed by atoms with E-state index in [-0.39, 0.29) is 6.10 Å². The molecule has 14 heavy (non-hydrogen) atoms. The second kappa shape index (κ2) is 10.9. The van der Waals surface area contributed by atoms with Crippen LogP contribution < -0.4 is 11.5 Å². The van der Waals surface area contributed by atoms with Crippen LogP contribution in [0.15, 0.2) is 0 Å². The molecule has 0 amide bonds. The molecule has 5 heteroatoms. The molecule has 5 nitrogen and oxygen atoms in total. The normalized spacial score (nSPS) is 13.1. The highest BCUT2D eigenvalue weighted by atomic mass is 16.5. The average Bonchev–Trinajstić information content (AvgIpc) is 2.20. The predicted molar refractivity (Wildman–Crippen MR) is 55.2 cm³/mol. The highest BCUT2D eigenvalue weighted by molar-refractivity contribution is 4.47. The monoisotopic (exact) mass is 206 g/mol. The van der Waals surface area contributed by atoms with Gasteiger partial charge >= 0.3 is 0 Å². The van der Waals surface area contributed by atoms with E-state index in [1.807, 2.05) is 6.92 Å². The van der Waals surface area contributed by atoms with Crippen LogP contribution >= 0.6 is 0 Å². The van der Waals surface area contributed by atoms with E-state index in [1.54, 1.807) is 0 Å². The molecular weight excluding hydrogens is 184 g/mol. The first-order chi connectivity index (χ1) is 6.81. The van der Waals surface area contributed by atoms with Gasteiger partial charge in [0.1, 0.15) is 0 Å². The maximum absolute atomic E-state index is 5.31. The summed E-state index contributed by atoms with van der Waals surface area (Å²) < 4.78 is 15.8. The summed E-state index contributed by atoms with van der Waals surface area (Å²) in [6.45, 7) is 5.95. The largest absolute Gasteiger partial charge is 0.378 e. The molecule has 0 saturated carbocycles. The van der Waals surface area contributed by atoms with Gasteiger partial charge in [0.2, 0.25) is 0 Å². The Morgan fingerprint density at radius 2 is 1.57 bits per heavy atom. The van der Waals surface area contributed by atoms with Gasteiger partial charge in [0.15, 0.2) is 0 Å². The molecule has 0 aromatic carbocycles. The number of nitrogens with two attached hydrogens (primary N) is 2. The van der Waals surface area contributed by atoms with Crippen LogP contribution in [-0.2, 0) is 14.2 Å². The molecule has 1 atom stereocenters. The summed E-state index contributed by atoms with van der Waals surface area (Å²) in [6.07, 6.45) is 0.0908. The lowest BCUT2D eigenvalue weighted by molar-refractivity contribution is -0.0204. The van der Waals surface area contributed by atoms with E-state index in [0.29, 0.717) is 46.1 Å². The molecule has 0 rings (SSSR count). The van der Waals surface area contributed by atoms with Crippen LogP contribution in [0.4, 0.5) is 0 Å². The van der Waals surface area contributed by atoms with Crippen molar-refractivity contribution >= 4 is 0 Å². The fourth-order valence-electron chi connectivity index (χ4n) is 0.870. The molecule has 0 spiro atoms. The van der Waals surface area contributed by atoms with Crippen LogP contribution in [0.1, 0.15) is 6.92 Å². The average molecular weight is 206 g/mol. The van der Waals surface area contributed by atoms with Gasteiger partial charge < -0.3 is 25.7 Å². The standard InChI is InChI=1S/C9H22N2O3/c1-9(14-5-3-11)8-13-7-6-12-4-2-10/h9H,2-8,10-11H2,1H3. The maximum atomic E-state index is 5.31. The highest BCUT2D eigenvalue weighted by Gasteiger charge is 2.00. The van der Waals surface area contributed by atoms with Gasteiger partial charge in [-0.25, -0.2) is 0 Å². The zero-order valence-corrected chi connectivity index (χ0v) is 8.91. The SMILES string of the molecule is CC(COCCOCCN)OCCN. The van der Waals surface area contributed by atoms with Gasteiger partial charge in [-0.1, -0.05) is 0 Å². The molecule has 86 valence electrons. The molecule has 0 saturated heterocycles. The van der Waals surface area contributed by atoms with Crippen molar-refractivity contribution in [1.82, 2.24) is 0 Å². The lowest BCUT2D eigenvalue weighted by atomic mass is 10.4. The number of hydrogen-bond acceptors (Lipinski definition) is 5. The molecule has 0 heterocycles. The Bertz CT molecular complexity index is 114. The van der Waals surface area contributed by atoms with Gasteiger partial charge in [0, 0.05) is 13.1 Å². The van der Waals surface area contributed by atoms with Gasteiger partial charge in [-0.2, -0.15) is 0 Å². The van der Waals surface area contributed by atoms with Crippen molar-refractivity contribution in [3.05, 3.63) is 0 Å². The Kier molecular flexibility index (Phi) is 10.7. The van der Waals surface area contributed by atoms with Crippen molar-refractivity contribution in [2.45, 2.75) is 13.0 Å². The van der Waals surface area contributed by atoms with Crippen LogP contribution in [0.5, 0.6) is 0 Å². The van der Waals surface area contributed by atoms with E-state index >= 15 is 0 Å². The molecule has 0 fully saturated rings. The third-order valence-electron chi connectivity index (χ3n) is 1.51. The fourth-order valence-corrected chi connectivity index (χ4v) is 0.870. The molecule has 0 radical (unpaired) electrons. The first-order valence-corrected chi connectivity index (χ1v) is 4.98. The Morgan fingerprint density at radius 3 is 2.21 bits per heavy atom. The van der Waals surface area contributed by atoms with Crippen LogP contribution in [0.25, 0.3) is 0 Å². The zero-order valence-electron chi connectivity index (χ0n) is 8.91. The Morgan fingerprint density at radius 1 is 0.929 bits per heavy atom. The maximum Gasteiger partial charge on any atom is 0.0781 e. The van der Waals surface area contributed by atoms with E-state index in [9.17, 15) is 0 Å². The van der Waals surface area contributed by atoms with Crippen LogP contribution in [0.3, 0.4) is 0 Å². The Labute approximate surface area is 85.7 Å². The summed E-state index contributed by atoms with van der Waals surface area (Å²) >= 11 is 0. The summed E-state index contributed by atoms with van der Waals surface area (Å²) in [6, 6.07) is 0. The molecule has 0 aliphatic rings. The van der Waals surface area contributed by atoms with E-state index < -0.39 is 0 Å². The summed E-state index contributed by atoms with van der Waals surface area (Å²) in [5, 5.41) is 0. The molecule has 1 unspecified atom stereocenters. The second-order valence-corrected chi connectivity index (χ2v) is 2.95. The van der Waals surface area contributed by atoms with Crippen molar-refractivity contribution in [2.24, 2.45) is 11.5 Å². The van der Waals surface area contributed by atoms with Gasteiger partial charge in [0.25, 0.3) is 0 Å². The summed E-state index contributed by atoms with van der Waals surface area (Å²) in [5.41, 5.74) is 10.5. The minimum absolute atomic E-state index is 0.0908. The van der Waals surface area contributed by atoms with Crippen LogP contribution in [0.2, 0.25) is 0 Å². The Balaban J connectivity index is 3.02. The second-order valence-electron chi connectivity index (χ2n) is 2.95. The molecule has 0 bridgehead atoms. The zero-order chi connectivity index (χ0) is 10.6. The lowest BCUT2D eigenvalue weighted by Crippen LogP contribution is -2.21. The van der Waals surface area contributed by atoms with E-state index in [2.05, 4.69) is 0 Å². The quantitative estimate of drug-likeness (QED) is 0.464. The first kappa shape index (κ1) is 13.8. The number of rotatable bonds is 10. The molecule has 0 aliphatic carbocycles. The smallest absolute Gasteiger partial charge is 0.0781 e. The highest BCUT2D eigenvalue weighted by Crippen LogP contribution is 1.91. The summed E-state index contributed by atoms with van der Waals surface area (Å²) in [5.74, 6) is 0. The third-order valence-corrected chi connectivity index (χ3v) is 1.51. The molecular formula is C9H22N2O3. The van der Waals surface area contributed by atoms with Crippen molar-refractivity contribution in [2.75, 3.05) is 46.1 Å². The molecule has 0 aliphatic heterocycles. The van der Waals surface area contributed by atoms with Crippen LogP contribution in [0, 0.1) is 0 Å². The first-order valence-electron chi connectivity index (χ1n) is 4.98. The molecule has 0 aromatic heterocycles. The van der Waals surface area contributed by atoms with Crippen LogP contribution in [-0.4, -0.2) is 52.2 Å². The van der Waals surface area contributed by atoms with Crippen molar-refractivity contribution < 1.29 is 14.2 Å². The van der Waals surface area contributed by atoms with E-state index in [0.717, 1.165) is 0 Å². The molecule has 0 aromatic rings. The fraction of sp³-hybridized carbons (Fsp3) is 1.00. The lowest BCUT2D eigenvalue weighted by Gasteiger charge is -2.12. The number of ether oxygens (including phenoxy) is 3. The van der Waals surface area contributed by atoms with Gasteiger partial charge in [-0.05, 0) is 6.92 Å². The van der Waals surface area contributed by atoms with Crippen molar-refractivity contribution in [3.8, 4) is 0 Å². The third kappa shape index (κ3) is 9.88. The molecule has 4 N–H and O–H groups in total. The van der Waals surface area contributed by atoms with Gasteiger partial charge in [-0.15, -0.1) is 0 Å². The minimum Gasteiger partial charge on any atom is -0.378 e. The van der Waals surface area contributed by atoms with E-state index in [4.69, 9.17) is 25.7 Å². The Hall–Kier alpha value is -0.200. The number of hydrogen-bond donors (Lipinski definition) is 2. The topological polar surface area (TPSA) is 79.7 Å². The van der Waals surface area contributed by atoms with Crippen molar-refractivity contribution in [1.29, 1.82) is 0 Å². The van der Waals surface area contributed by atoms with Gasteiger partial charge in [0.05, 0.1) is 39.1 Å². The predicted octanol–water partition coefficient (Wildman–Crippen LogP) is -0.658. The van der Waals surface area contributed by atoms with Crippen molar-refractivity contribution in [3.63, 3.8) is 0 Å². The summed E-state index contributed by atoms with van der Waals surface area (Å²) in [7, 11) is 0. The van der Waals surface area contributed by atoms with E-state index in [1.165, 1.54) is 0 Å². The van der Waals surface area contributed by atoms with Gasteiger partial charge in [-0.3, -0.25) is 0 Å². The minimum atomic E-state index is 0.0908.